The standard InChI is InChI=1S/C17H15FN4O/c18-15-5-1-13(2-6-15)14-3-7-16(8-4-14)22-11-12(9-17(22)23)10-20-21-19/h1-8,12H,9-11H2. The molecule has 0 saturated carbocycles. The van der Waals surface area contributed by atoms with Crippen LogP contribution >= 0.6 is 0 Å². The molecule has 0 spiro atoms. The molecule has 1 fully saturated rings. The molecule has 0 aliphatic carbocycles. The highest BCUT2D eigenvalue weighted by Crippen LogP contribution is 2.28. The summed E-state index contributed by atoms with van der Waals surface area (Å²) >= 11 is 0. The number of carbonyl (C=O) groups is 1. The minimum atomic E-state index is -0.265. The summed E-state index contributed by atoms with van der Waals surface area (Å²) in [5.41, 5.74) is 11.1. The molecule has 6 heteroatoms. The van der Waals surface area contributed by atoms with Gasteiger partial charge in [-0.1, -0.05) is 29.4 Å². The molecule has 1 aliphatic heterocycles. The van der Waals surface area contributed by atoms with E-state index in [1.807, 2.05) is 24.3 Å². The SMILES string of the molecule is [N-]=[N+]=NCC1CC(=O)N(c2ccc(-c3ccc(F)cc3)cc2)C1. The molecule has 3 rings (SSSR count). The van der Waals surface area contributed by atoms with Gasteiger partial charge in [-0.15, -0.1) is 0 Å². The summed E-state index contributed by atoms with van der Waals surface area (Å²) in [7, 11) is 0. The summed E-state index contributed by atoms with van der Waals surface area (Å²) in [5.74, 6) is -0.160. The van der Waals surface area contributed by atoms with Crippen LogP contribution in [-0.2, 0) is 4.79 Å². The van der Waals surface area contributed by atoms with Gasteiger partial charge in [0.15, 0.2) is 0 Å². The second-order valence-electron chi connectivity index (χ2n) is 5.54. The fourth-order valence-corrected chi connectivity index (χ4v) is 2.78. The predicted octanol–water partition coefficient (Wildman–Crippen LogP) is 4.16. The Morgan fingerprint density at radius 3 is 2.35 bits per heavy atom. The van der Waals surface area contributed by atoms with Crippen molar-refractivity contribution in [1.29, 1.82) is 0 Å². The normalized spacial score (nSPS) is 17.2. The molecule has 1 amide bonds. The highest BCUT2D eigenvalue weighted by atomic mass is 19.1. The van der Waals surface area contributed by atoms with Gasteiger partial charge < -0.3 is 4.90 Å². The zero-order chi connectivity index (χ0) is 16.2. The van der Waals surface area contributed by atoms with E-state index in [2.05, 4.69) is 10.0 Å². The molecule has 0 N–H and O–H groups in total. The summed E-state index contributed by atoms with van der Waals surface area (Å²) < 4.78 is 13.0. The van der Waals surface area contributed by atoms with Gasteiger partial charge in [0.1, 0.15) is 5.82 Å². The summed E-state index contributed by atoms with van der Waals surface area (Å²) in [6, 6.07) is 13.9. The van der Waals surface area contributed by atoms with Crippen LogP contribution in [0, 0.1) is 11.7 Å². The van der Waals surface area contributed by atoms with E-state index in [9.17, 15) is 9.18 Å². The smallest absolute Gasteiger partial charge is 0.227 e. The molecule has 0 aromatic heterocycles. The highest BCUT2D eigenvalue weighted by molar-refractivity contribution is 5.96. The number of anilines is 1. The fourth-order valence-electron chi connectivity index (χ4n) is 2.78. The van der Waals surface area contributed by atoms with Gasteiger partial charge >= 0.3 is 0 Å². The van der Waals surface area contributed by atoms with Crippen LogP contribution in [0.2, 0.25) is 0 Å². The predicted molar refractivity (Wildman–Crippen MR) is 86.3 cm³/mol. The minimum Gasteiger partial charge on any atom is -0.312 e. The first-order chi connectivity index (χ1) is 11.2. The summed E-state index contributed by atoms with van der Waals surface area (Å²) in [4.78, 5) is 16.5. The van der Waals surface area contributed by atoms with Crippen molar-refractivity contribution in [3.63, 3.8) is 0 Å². The third-order valence-corrected chi connectivity index (χ3v) is 3.96. The molecule has 1 saturated heterocycles. The number of hydrogen-bond acceptors (Lipinski definition) is 2. The van der Waals surface area contributed by atoms with Crippen molar-refractivity contribution >= 4 is 11.6 Å². The van der Waals surface area contributed by atoms with Crippen molar-refractivity contribution in [2.24, 2.45) is 11.0 Å². The lowest BCUT2D eigenvalue weighted by atomic mass is 10.1. The molecular weight excluding hydrogens is 295 g/mol. The number of nitrogens with zero attached hydrogens (tertiary/aromatic N) is 4. The van der Waals surface area contributed by atoms with Crippen LogP contribution in [0.5, 0.6) is 0 Å². The van der Waals surface area contributed by atoms with Crippen LogP contribution < -0.4 is 4.90 Å². The summed E-state index contributed by atoms with van der Waals surface area (Å²) in [6.07, 6.45) is 0.402. The van der Waals surface area contributed by atoms with Crippen LogP contribution in [0.1, 0.15) is 6.42 Å². The second-order valence-corrected chi connectivity index (χ2v) is 5.54. The van der Waals surface area contributed by atoms with E-state index in [1.54, 1.807) is 17.0 Å². The highest BCUT2D eigenvalue weighted by Gasteiger charge is 2.29. The molecule has 1 unspecified atom stereocenters. The maximum absolute atomic E-state index is 13.0. The Morgan fingerprint density at radius 2 is 1.74 bits per heavy atom. The van der Waals surface area contributed by atoms with Crippen LogP contribution in [0.25, 0.3) is 21.6 Å². The van der Waals surface area contributed by atoms with Gasteiger partial charge in [-0.3, -0.25) is 4.79 Å². The lowest BCUT2D eigenvalue weighted by molar-refractivity contribution is -0.117. The van der Waals surface area contributed by atoms with Gasteiger partial charge in [0.25, 0.3) is 0 Å². The van der Waals surface area contributed by atoms with Crippen molar-refractivity contribution in [3.8, 4) is 11.1 Å². The van der Waals surface area contributed by atoms with Gasteiger partial charge in [-0.05, 0) is 46.8 Å². The second kappa shape index (κ2) is 6.50. The molecular formula is C17H15FN4O. The van der Waals surface area contributed by atoms with E-state index in [1.165, 1.54) is 12.1 Å². The Balaban J connectivity index is 1.76. The van der Waals surface area contributed by atoms with Gasteiger partial charge in [-0.25, -0.2) is 4.39 Å². The molecule has 23 heavy (non-hydrogen) atoms. The monoisotopic (exact) mass is 310 g/mol. The average Bonchev–Trinajstić information content (AvgIpc) is 2.95. The molecule has 0 radical (unpaired) electrons. The number of halogens is 1. The van der Waals surface area contributed by atoms with Gasteiger partial charge in [0.05, 0.1) is 0 Å². The lowest BCUT2D eigenvalue weighted by Crippen LogP contribution is -2.24. The Bertz CT molecular complexity index is 751. The van der Waals surface area contributed by atoms with E-state index >= 15 is 0 Å². The molecule has 2 aromatic rings. The first-order valence-electron chi connectivity index (χ1n) is 7.34. The molecule has 1 aliphatic rings. The lowest BCUT2D eigenvalue weighted by Gasteiger charge is -2.17. The molecule has 5 nitrogen and oxygen atoms in total. The van der Waals surface area contributed by atoms with Crippen molar-refractivity contribution < 1.29 is 9.18 Å². The van der Waals surface area contributed by atoms with Crippen molar-refractivity contribution in [3.05, 3.63) is 64.8 Å². The first-order valence-corrected chi connectivity index (χ1v) is 7.34. The first kappa shape index (κ1) is 15.1. The van der Waals surface area contributed by atoms with Gasteiger partial charge in [0, 0.05) is 30.1 Å². The third-order valence-electron chi connectivity index (χ3n) is 3.96. The zero-order valence-electron chi connectivity index (χ0n) is 12.4. The number of rotatable bonds is 4. The van der Waals surface area contributed by atoms with Crippen LogP contribution in [0.3, 0.4) is 0 Å². The van der Waals surface area contributed by atoms with Crippen molar-refractivity contribution in [2.45, 2.75) is 6.42 Å². The molecule has 0 bridgehead atoms. The van der Waals surface area contributed by atoms with Crippen molar-refractivity contribution in [1.82, 2.24) is 0 Å². The maximum atomic E-state index is 13.0. The largest absolute Gasteiger partial charge is 0.312 e. The summed E-state index contributed by atoms with van der Waals surface area (Å²) in [6.45, 7) is 0.903. The van der Waals surface area contributed by atoms with E-state index in [0.717, 1.165) is 16.8 Å². The van der Waals surface area contributed by atoms with Crippen LogP contribution in [-0.4, -0.2) is 19.0 Å². The fraction of sp³-hybridized carbons (Fsp3) is 0.235. The third kappa shape index (κ3) is 3.33. The summed E-state index contributed by atoms with van der Waals surface area (Å²) in [5, 5.41) is 3.55. The maximum Gasteiger partial charge on any atom is 0.227 e. The van der Waals surface area contributed by atoms with E-state index in [0.29, 0.717) is 19.5 Å². The number of benzene rings is 2. The van der Waals surface area contributed by atoms with E-state index in [-0.39, 0.29) is 17.6 Å². The Morgan fingerprint density at radius 1 is 1.13 bits per heavy atom. The minimum absolute atomic E-state index is 0.0395. The van der Waals surface area contributed by atoms with Crippen molar-refractivity contribution in [2.75, 3.05) is 18.0 Å². The molecule has 1 heterocycles. The van der Waals surface area contributed by atoms with E-state index < -0.39 is 0 Å². The van der Waals surface area contributed by atoms with Gasteiger partial charge in [-0.2, -0.15) is 0 Å². The Kier molecular flexibility index (Phi) is 4.26. The molecule has 2 aromatic carbocycles. The average molecular weight is 310 g/mol. The molecule has 1 atom stereocenters. The number of carbonyl (C=O) groups excluding carboxylic acids is 1. The number of amides is 1. The quantitative estimate of drug-likeness (QED) is 0.475. The van der Waals surface area contributed by atoms with Crippen LogP contribution in [0.4, 0.5) is 10.1 Å². The Hall–Kier alpha value is -2.85. The van der Waals surface area contributed by atoms with Gasteiger partial charge in [0.2, 0.25) is 5.91 Å². The molecule has 116 valence electrons. The number of hydrogen-bond donors (Lipinski definition) is 0. The zero-order valence-corrected chi connectivity index (χ0v) is 12.4. The number of azide groups is 1. The van der Waals surface area contributed by atoms with Crippen LogP contribution in [0.15, 0.2) is 53.6 Å². The van der Waals surface area contributed by atoms with E-state index in [4.69, 9.17) is 5.53 Å². The Labute approximate surface area is 133 Å². The topological polar surface area (TPSA) is 69.1 Å².